The maximum atomic E-state index is 12.3. The van der Waals surface area contributed by atoms with Crippen LogP contribution in [0.5, 0.6) is 0 Å². The van der Waals surface area contributed by atoms with Gasteiger partial charge in [0, 0.05) is 46.0 Å². The second-order valence-corrected chi connectivity index (χ2v) is 6.20. The van der Waals surface area contributed by atoms with Gasteiger partial charge in [0.2, 0.25) is 5.91 Å². The summed E-state index contributed by atoms with van der Waals surface area (Å²) in [4.78, 5) is 23.0. The van der Waals surface area contributed by atoms with E-state index in [1.165, 1.54) is 0 Å². The van der Waals surface area contributed by atoms with E-state index in [1.807, 2.05) is 37.5 Å². The van der Waals surface area contributed by atoms with Gasteiger partial charge < -0.3 is 9.32 Å². The summed E-state index contributed by atoms with van der Waals surface area (Å²) in [7, 11) is 1.82. The van der Waals surface area contributed by atoms with E-state index in [4.69, 9.17) is 4.42 Å². The zero-order chi connectivity index (χ0) is 16.8. The third-order valence-electron chi connectivity index (χ3n) is 4.33. The minimum atomic E-state index is 0.129. The summed E-state index contributed by atoms with van der Waals surface area (Å²) in [5.41, 5.74) is 1.10. The number of carbonyl (C=O) groups is 1. The van der Waals surface area contributed by atoms with Crippen molar-refractivity contribution in [2.75, 3.05) is 39.8 Å². The number of piperazine rings is 1. The fourth-order valence-electron chi connectivity index (χ4n) is 2.86. The van der Waals surface area contributed by atoms with Crippen LogP contribution in [0.1, 0.15) is 11.5 Å². The molecule has 0 bridgehead atoms. The van der Waals surface area contributed by atoms with Gasteiger partial charge in [0.15, 0.2) is 0 Å². The zero-order valence-electron chi connectivity index (χ0n) is 14.1. The summed E-state index contributed by atoms with van der Waals surface area (Å²) in [5.74, 6) is 0.940. The van der Waals surface area contributed by atoms with Gasteiger partial charge in [-0.05, 0) is 24.3 Å². The Morgan fingerprint density at radius 2 is 1.96 bits per heavy atom. The molecule has 1 aliphatic rings. The van der Waals surface area contributed by atoms with Crippen LogP contribution in [-0.2, 0) is 17.9 Å². The molecule has 0 saturated carbocycles. The molecule has 128 valence electrons. The van der Waals surface area contributed by atoms with Crippen molar-refractivity contribution >= 4 is 5.91 Å². The number of hydrogen-bond donors (Lipinski definition) is 0. The monoisotopic (exact) mass is 328 g/mol. The lowest BCUT2D eigenvalue weighted by Gasteiger charge is -2.34. The van der Waals surface area contributed by atoms with Gasteiger partial charge in [-0.25, -0.2) is 0 Å². The average molecular weight is 328 g/mol. The molecule has 6 heteroatoms. The number of likely N-dealkylation sites (N-methyl/N-ethyl adjacent to an activating group) is 1. The van der Waals surface area contributed by atoms with E-state index in [0.29, 0.717) is 13.1 Å². The fraction of sp³-hybridized carbons (Fsp3) is 0.444. The highest BCUT2D eigenvalue weighted by molar-refractivity contribution is 5.77. The molecule has 0 aliphatic carbocycles. The molecule has 1 fully saturated rings. The van der Waals surface area contributed by atoms with E-state index < -0.39 is 0 Å². The zero-order valence-corrected chi connectivity index (χ0v) is 14.1. The number of hydrogen-bond acceptors (Lipinski definition) is 5. The molecule has 2 aromatic rings. The SMILES string of the molecule is CN(Cc1ccco1)C(=O)CN1CCN(Cc2ccccn2)CC1. The molecule has 24 heavy (non-hydrogen) atoms. The lowest BCUT2D eigenvalue weighted by Crippen LogP contribution is -2.49. The van der Waals surface area contributed by atoms with Crippen LogP contribution in [0.2, 0.25) is 0 Å². The topological polar surface area (TPSA) is 52.8 Å². The minimum Gasteiger partial charge on any atom is -0.467 e. The third kappa shape index (κ3) is 4.66. The highest BCUT2D eigenvalue weighted by Crippen LogP contribution is 2.08. The highest BCUT2D eigenvalue weighted by atomic mass is 16.3. The smallest absolute Gasteiger partial charge is 0.236 e. The molecule has 6 nitrogen and oxygen atoms in total. The molecule has 0 aromatic carbocycles. The molecule has 3 rings (SSSR count). The standard InChI is InChI=1S/C18H24N4O2/c1-20(14-17-6-4-12-24-17)18(23)15-22-10-8-21(9-11-22)13-16-5-2-3-7-19-16/h2-7,12H,8-11,13-15H2,1H3. The van der Waals surface area contributed by atoms with Gasteiger partial charge in [-0.3, -0.25) is 19.6 Å². The summed E-state index contributed by atoms with van der Waals surface area (Å²) in [5, 5.41) is 0. The second kappa shape index (κ2) is 8.08. The average Bonchev–Trinajstić information content (AvgIpc) is 3.10. The lowest BCUT2D eigenvalue weighted by atomic mass is 10.2. The molecule has 0 spiro atoms. The number of carbonyl (C=O) groups excluding carboxylic acids is 1. The molecular formula is C18H24N4O2. The molecule has 1 aliphatic heterocycles. The van der Waals surface area contributed by atoms with E-state index in [9.17, 15) is 4.79 Å². The Hall–Kier alpha value is -2.18. The van der Waals surface area contributed by atoms with Crippen molar-refractivity contribution in [2.24, 2.45) is 0 Å². The Morgan fingerprint density at radius 1 is 1.17 bits per heavy atom. The van der Waals surface area contributed by atoms with E-state index in [2.05, 4.69) is 20.9 Å². The van der Waals surface area contributed by atoms with Gasteiger partial charge in [0.25, 0.3) is 0 Å². The van der Waals surface area contributed by atoms with Gasteiger partial charge in [-0.15, -0.1) is 0 Å². The van der Waals surface area contributed by atoms with Crippen LogP contribution >= 0.6 is 0 Å². The van der Waals surface area contributed by atoms with Crippen molar-refractivity contribution in [3.63, 3.8) is 0 Å². The van der Waals surface area contributed by atoms with Crippen LogP contribution < -0.4 is 0 Å². The maximum absolute atomic E-state index is 12.3. The maximum Gasteiger partial charge on any atom is 0.236 e. The summed E-state index contributed by atoms with van der Waals surface area (Å²) in [6, 6.07) is 9.74. The van der Waals surface area contributed by atoms with Gasteiger partial charge >= 0.3 is 0 Å². The Bertz CT molecular complexity index is 622. The van der Waals surface area contributed by atoms with Gasteiger partial charge in [0.05, 0.1) is 25.0 Å². The number of aromatic nitrogens is 1. The van der Waals surface area contributed by atoms with Crippen molar-refractivity contribution in [3.05, 3.63) is 54.2 Å². The largest absolute Gasteiger partial charge is 0.467 e. The van der Waals surface area contributed by atoms with Crippen LogP contribution in [-0.4, -0.2) is 65.4 Å². The molecule has 0 unspecified atom stereocenters. The molecule has 1 amide bonds. The molecule has 3 heterocycles. The van der Waals surface area contributed by atoms with Gasteiger partial charge in [0.1, 0.15) is 5.76 Å². The Kier molecular flexibility index (Phi) is 5.61. The van der Waals surface area contributed by atoms with Crippen LogP contribution in [0, 0.1) is 0 Å². The summed E-state index contributed by atoms with van der Waals surface area (Å²) >= 11 is 0. The first-order valence-corrected chi connectivity index (χ1v) is 8.31. The molecular weight excluding hydrogens is 304 g/mol. The Morgan fingerprint density at radius 3 is 2.62 bits per heavy atom. The third-order valence-corrected chi connectivity index (χ3v) is 4.33. The number of amides is 1. The van der Waals surface area contributed by atoms with Crippen LogP contribution in [0.3, 0.4) is 0 Å². The van der Waals surface area contributed by atoms with Crippen LogP contribution in [0.4, 0.5) is 0 Å². The van der Waals surface area contributed by atoms with Gasteiger partial charge in [-0.1, -0.05) is 6.07 Å². The molecule has 2 aromatic heterocycles. The first kappa shape index (κ1) is 16.7. The number of nitrogens with zero attached hydrogens (tertiary/aromatic N) is 4. The lowest BCUT2D eigenvalue weighted by molar-refractivity contribution is -0.132. The number of furan rings is 1. The summed E-state index contributed by atoms with van der Waals surface area (Å²) in [6.45, 7) is 5.61. The summed E-state index contributed by atoms with van der Waals surface area (Å²) in [6.07, 6.45) is 3.47. The minimum absolute atomic E-state index is 0.129. The molecule has 1 saturated heterocycles. The van der Waals surface area contributed by atoms with E-state index >= 15 is 0 Å². The van der Waals surface area contributed by atoms with E-state index in [1.54, 1.807) is 11.2 Å². The van der Waals surface area contributed by atoms with Crippen molar-refractivity contribution in [3.8, 4) is 0 Å². The molecule has 0 N–H and O–H groups in total. The van der Waals surface area contributed by atoms with Crippen molar-refractivity contribution < 1.29 is 9.21 Å². The van der Waals surface area contributed by atoms with Gasteiger partial charge in [-0.2, -0.15) is 0 Å². The number of pyridine rings is 1. The van der Waals surface area contributed by atoms with Crippen molar-refractivity contribution in [2.45, 2.75) is 13.1 Å². The molecule has 0 atom stereocenters. The van der Waals surface area contributed by atoms with Crippen molar-refractivity contribution in [1.82, 2.24) is 19.7 Å². The van der Waals surface area contributed by atoms with Crippen LogP contribution in [0.25, 0.3) is 0 Å². The summed E-state index contributed by atoms with van der Waals surface area (Å²) < 4.78 is 5.29. The predicted molar refractivity (Wildman–Crippen MR) is 91.1 cm³/mol. The first-order chi connectivity index (χ1) is 11.7. The van der Waals surface area contributed by atoms with Crippen molar-refractivity contribution in [1.29, 1.82) is 0 Å². The Labute approximate surface area is 142 Å². The first-order valence-electron chi connectivity index (χ1n) is 8.31. The highest BCUT2D eigenvalue weighted by Gasteiger charge is 2.21. The fourth-order valence-corrected chi connectivity index (χ4v) is 2.86. The molecule has 0 radical (unpaired) electrons. The van der Waals surface area contributed by atoms with E-state index in [0.717, 1.165) is 44.2 Å². The quantitative estimate of drug-likeness (QED) is 0.803. The van der Waals surface area contributed by atoms with Crippen LogP contribution in [0.15, 0.2) is 47.2 Å². The Balaban J connectivity index is 1.41. The van der Waals surface area contributed by atoms with E-state index in [-0.39, 0.29) is 5.91 Å². The number of rotatable bonds is 6. The normalized spacial score (nSPS) is 16.2. The predicted octanol–water partition coefficient (Wildman–Crippen LogP) is 1.45. The second-order valence-electron chi connectivity index (χ2n) is 6.20.